The number of aliphatic hydroxyl groups excluding tert-OH is 1. The Hall–Kier alpha value is -1.41. The lowest BCUT2D eigenvalue weighted by Crippen LogP contribution is -2.38. The molecule has 7 heteroatoms. The fourth-order valence-corrected chi connectivity index (χ4v) is 6.14. The number of nitrogens with one attached hydrogen (secondary N) is 1. The van der Waals surface area contributed by atoms with E-state index in [2.05, 4.69) is 4.72 Å². The van der Waals surface area contributed by atoms with Crippen LogP contribution in [0.5, 0.6) is 5.75 Å². The first kappa shape index (κ1) is 20.3. The Labute approximate surface area is 165 Å². The van der Waals surface area contributed by atoms with Crippen molar-refractivity contribution in [3.63, 3.8) is 0 Å². The third kappa shape index (κ3) is 4.37. The van der Waals surface area contributed by atoms with Crippen LogP contribution in [-0.4, -0.2) is 26.7 Å². The van der Waals surface area contributed by atoms with E-state index in [1.165, 1.54) is 0 Å². The van der Waals surface area contributed by atoms with E-state index in [0.717, 1.165) is 35.4 Å². The van der Waals surface area contributed by atoms with Crippen LogP contribution in [0.4, 0.5) is 0 Å². The molecule has 5 nitrogen and oxygen atoms in total. The largest absolute Gasteiger partial charge is 0.492 e. The van der Waals surface area contributed by atoms with Gasteiger partial charge in [0.15, 0.2) is 0 Å². The topological polar surface area (TPSA) is 75.6 Å². The van der Waals surface area contributed by atoms with Crippen molar-refractivity contribution in [2.24, 2.45) is 0 Å². The van der Waals surface area contributed by atoms with Crippen molar-refractivity contribution in [3.8, 4) is 5.75 Å². The van der Waals surface area contributed by atoms with E-state index in [4.69, 9.17) is 4.74 Å². The lowest BCUT2D eigenvalue weighted by molar-refractivity contribution is 0.203. The number of thiophene rings is 1. The first-order chi connectivity index (χ1) is 12.9. The van der Waals surface area contributed by atoms with Crippen molar-refractivity contribution in [2.45, 2.75) is 55.9 Å². The van der Waals surface area contributed by atoms with Crippen molar-refractivity contribution in [3.05, 3.63) is 46.2 Å². The van der Waals surface area contributed by atoms with Gasteiger partial charge in [-0.2, -0.15) is 0 Å². The predicted octanol–water partition coefficient (Wildman–Crippen LogP) is 3.99. The molecule has 1 fully saturated rings. The van der Waals surface area contributed by atoms with Crippen LogP contribution >= 0.6 is 11.3 Å². The summed E-state index contributed by atoms with van der Waals surface area (Å²) in [6.45, 7) is 4.36. The predicted molar refractivity (Wildman–Crippen MR) is 108 cm³/mol. The van der Waals surface area contributed by atoms with Crippen LogP contribution in [0.3, 0.4) is 0 Å². The van der Waals surface area contributed by atoms with Gasteiger partial charge in [0, 0.05) is 21.7 Å². The maximum atomic E-state index is 12.9. The molecule has 0 amide bonds. The minimum absolute atomic E-state index is 0.177. The summed E-state index contributed by atoms with van der Waals surface area (Å²) in [6, 6.07) is 10.7. The molecule has 0 aliphatic heterocycles. The number of hydrogen-bond acceptors (Lipinski definition) is 5. The molecular formula is C20H27NO4S2. The van der Waals surface area contributed by atoms with Crippen LogP contribution in [0.1, 0.15) is 55.4 Å². The number of para-hydroxylation sites is 1. The van der Waals surface area contributed by atoms with Crippen molar-refractivity contribution < 1.29 is 18.3 Å². The lowest BCUT2D eigenvalue weighted by Gasteiger charge is -2.28. The molecular weight excluding hydrogens is 382 g/mol. The summed E-state index contributed by atoms with van der Waals surface area (Å²) >= 11 is 1.59. The molecule has 1 atom stereocenters. The smallest absolute Gasteiger partial charge is 0.244 e. The number of hydrogen-bond donors (Lipinski definition) is 2. The van der Waals surface area contributed by atoms with E-state index in [0.29, 0.717) is 18.9 Å². The highest BCUT2D eigenvalue weighted by molar-refractivity contribution is 7.89. The van der Waals surface area contributed by atoms with E-state index in [1.807, 2.05) is 19.1 Å². The number of aliphatic hydroxyl groups is 1. The molecule has 1 unspecified atom stereocenters. The van der Waals surface area contributed by atoms with Crippen LogP contribution in [-0.2, 0) is 15.4 Å². The van der Waals surface area contributed by atoms with E-state index in [-0.39, 0.29) is 10.3 Å². The molecule has 1 aliphatic rings. The second-order valence-electron chi connectivity index (χ2n) is 7.07. The molecule has 3 rings (SSSR count). The number of sulfonamides is 1. The zero-order valence-electron chi connectivity index (χ0n) is 15.8. The van der Waals surface area contributed by atoms with Gasteiger partial charge in [0.05, 0.1) is 12.7 Å². The average molecular weight is 410 g/mol. The minimum Gasteiger partial charge on any atom is -0.492 e. The molecule has 148 valence electrons. The van der Waals surface area contributed by atoms with Crippen molar-refractivity contribution >= 4 is 21.4 Å². The van der Waals surface area contributed by atoms with E-state index in [1.54, 1.807) is 42.5 Å². The van der Waals surface area contributed by atoms with Gasteiger partial charge in [-0.05, 0) is 51.0 Å². The summed E-state index contributed by atoms with van der Waals surface area (Å²) in [5.41, 5.74) is -0.203. The molecule has 0 bridgehead atoms. The molecule has 2 aromatic rings. The van der Waals surface area contributed by atoms with Gasteiger partial charge < -0.3 is 9.84 Å². The SMILES string of the molecule is CCOc1ccccc1S(=O)(=O)NCC1(c2ccc(C(C)O)s2)CCCC1. The van der Waals surface area contributed by atoms with E-state index >= 15 is 0 Å². The van der Waals surface area contributed by atoms with Gasteiger partial charge in [-0.3, -0.25) is 0 Å². The van der Waals surface area contributed by atoms with Crippen molar-refractivity contribution in [2.75, 3.05) is 13.2 Å². The molecule has 1 heterocycles. The Balaban J connectivity index is 1.84. The molecule has 0 spiro atoms. The Bertz CT molecular complexity index is 868. The summed E-state index contributed by atoms with van der Waals surface area (Å²) in [6.07, 6.45) is 3.56. The third-order valence-corrected chi connectivity index (χ3v) is 8.10. The monoisotopic (exact) mass is 409 g/mol. The summed E-state index contributed by atoms with van der Waals surface area (Å²) < 4.78 is 34.2. The molecule has 1 aromatic carbocycles. The molecule has 0 saturated heterocycles. The molecule has 1 aromatic heterocycles. The van der Waals surface area contributed by atoms with E-state index < -0.39 is 16.1 Å². The van der Waals surface area contributed by atoms with Gasteiger partial charge in [-0.1, -0.05) is 25.0 Å². The number of rotatable bonds is 8. The minimum atomic E-state index is -3.68. The Kier molecular flexibility index (Phi) is 6.25. The van der Waals surface area contributed by atoms with Gasteiger partial charge in [0.1, 0.15) is 10.6 Å². The van der Waals surface area contributed by atoms with Crippen molar-refractivity contribution in [1.29, 1.82) is 0 Å². The zero-order valence-corrected chi connectivity index (χ0v) is 17.4. The standard InChI is InChI=1S/C20H27NO4S2/c1-3-25-16-8-4-5-9-18(16)27(23,24)21-14-20(12-6-7-13-20)19-11-10-17(26-19)15(2)22/h4-5,8-11,15,21-22H,3,6-7,12-14H2,1-2H3. The second-order valence-corrected chi connectivity index (χ2v) is 9.92. The van der Waals surface area contributed by atoms with Gasteiger partial charge in [0.25, 0.3) is 0 Å². The molecule has 1 aliphatic carbocycles. The maximum absolute atomic E-state index is 12.9. The normalized spacial score (nSPS) is 17.7. The third-order valence-electron chi connectivity index (χ3n) is 5.16. The molecule has 0 radical (unpaired) electrons. The summed E-state index contributed by atoms with van der Waals surface area (Å²) in [7, 11) is -3.68. The van der Waals surface area contributed by atoms with Crippen LogP contribution in [0.15, 0.2) is 41.3 Å². The lowest BCUT2D eigenvalue weighted by atomic mass is 9.85. The highest BCUT2D eigenvalue weighted by Crippen LogP contribution is 2.44. The molecule has 27 heavy (non-hydrogen) atoms. The van der Waals surface area contributed by atoms with Crippen LogP contribution in [0.2, 0.25) is 0 Å². The fourth-order valence-electron chi connectivity index (χ4n) is 3.68. The zero-order chi connectivity index (χ0) is 19.5. The Morgan fingerprint density at radius 3 is 2.56 bits per heavy atom. The first-order valence-electron chi connectivity index (χ1n) is 9.38. The Morgan fingerprint density at radius 1 is 1.22 bits per heavy atom. The first-order valence-corrected chi connectivity index (χ1v) is 11.7. The van der Waals surface area contributed by atoms with Crippen LogP contribution in [0.25, 0.3) is 0 Å². The summed E-state index contributed by atoms with van der Waals surface area (Å²) in [5, 5.41) is 9.84. The Morgan fingerprint density at radius 2 is 1.93 bits per heavy atom. The van der Waals surface area contributed by atoms with Crippen molar-refractivity contribution in [1.82, 2.24) is 4.72 Å². The summed E-state index contributed by atoms with van der Waals surface area (Å²) in [5.74, 6) is 0.375. The van der Waals surface area contributed by atoms with Crippen LogP contribution < -0.4 is 9.46 Å². The average Bonchev–Trinajstić information content (AvgIpc) is 3.31. The quantitative estimate of drug-likeness (QED) is 0.691. The molecule has 1 saturated carbocycles. The number of benzene rings is 1. The number of ether oxygens (including phenoxy) is 1. The summed E-state index contributed by atoms with van der Waals surface area (Å²) in [4.78, 5) is 2.24. The highest BCUT2D eigenvalue weighted by Gasteiger charge is 2.38. The van der Waals surface area contributed by atoms with Crippen LogP contribution in [0, 0.1) is 0 Å². The second kappa shape index (κ2) is 8.31. The van der Waals surface area contributed by atoms with Gasteiger partial charge >= 0.3 is 0 Å². The molecule has 2 N–H and O–H groups in total. The van der Waals surface area contributed by atoms with Gasteiger partial charge in [-0.25, -0.2) is 13.1 Å². The van der Waals surface area contributed by atoms with Gasteiger partial charge in [-0.15, -0.1) is 11.3 Å². The maximum Gasteiger partial charge on any atom is 0.244 e. The van der Waals surface area contributed by atoms with Gasteiger partial charge in [0.2, 0.25) is 10.0 Å². The highest BCUT2D eigenvalue weighted by atomic mass is 32.2. The van der Waals surface area contributed by atoms with E-state index in [9.17, 15) is 13.5 Å². The fraction of sp³-hybridized carbons (Fsp3) is 0.500.